The van der Waals surface area contributed by atoms with Crippen molar-refractivity contribution in [3.63, 3.8) is 0 Å². The number of hydrogen-bond acceptors (Lipinski definition) is 7. The Morgan fingerprint density at radius 2 is 1.88 bits per heavy atom. The predicted octanol–water partition coefficient (Wildman–Crippen LogP) is 1.43. The molecule has 32 heavy (non-hydrogen) atoms. The molecule has 6 unspecified atom stereocenters. The van der Waals surface area contributed by atoms with Gasteiger partial charge in [-0.05, 0) is 80.8 Å². The molecule has 0 radical (unpaired) electrons. The number of aromatic nitrogens is 1. The number of benzene rings is 1. The van der Waals surface area contributed by atoms with Crippen molar-refractivity contribution in [2.24, 2.45) is 11.8 Å². The van der Waals surface area contributed by atoms with E-state index in [0.717, 1.165) is 13.0 Å². The monoisotopic (exact) mass is 439 g/mol. The van der Waals surface area contributed by atoms with Gasteiger partial charge in [-0.25, -0.2) is 16.3 Å². The summed E-state index contributed by atoms with van der Waals surface area (Å²) in [6.45, 7) is 3.69. The molecule has 1 saturated carbocycles. The first kappa shape index (κ1) is 21.0. The van der Waals surface area contributed by atoms with E-state index >= 15 is 0 Å². The van der Waals surface area contributed by atoms with Crippen molar-refractivity contribution >= 4 is 10.9 Å². The summed E-state index contributed by atoms with van der Waals surface area (Å²) in [6.07, 6.45) is 7.54. The van der Waals surface area contributed by atoms with Crippen molar-refractivity contribution in [2.75, 3.05) is 19.7 Å². The molecule has 0 spiro atoms. The first-order valence-electron chi connectivity index (χ1n) is 12.5. The number of hydrogen-bond donors (Lipinski definition) is 7. The second kappa shape index (κ2) is 9.02. The Morgan fingerprint density at radius 1 is 0.969 bits per heavy atom. The third-order valence-electron chi connectivity index (χ3n) is 8.33. The lowest BCUT2D eigenvalue weighted by molar-refractivity contribution is 0.166. The molecule has 8 heteroatoms. The Balaban J connectivity index is 1.14. The fourth-order valence-electron chi connectivity index (χ4n) is 6.59. The molecular formula is C24H37N7O. The zero-order valence-corrected chi connectivity index (χ0v) is 18.7. The molecule has 6 atom stereocenters. The van der Waals surface area contributed by atoms with Crippen LogP contribution in [0.5, 0.6) is 0 Å². The number of H-pyrrole nitrogens is 1. The van der Waals surface area contributed by atoms with Crippen LogP contribution in [0.15, 0.2) is 24.3 Å². The number of piperidine rings is 1. The highest BCUT2D eigenvalue weighted by atomic mass is 16.3. The molecule has 4 heterocycles. The van der Waals surface area contributed by atoms with Gasteiger partial charge >= 0.3 is 0 Å². The van der Waals surface area contributed by atoms with Crippen LogP contribution in [-0.4, -0.2) is 52.8 Å². The van der Waals surface area contributed by atoms with Crippen LogP contribution in [0.25, 0.3) is 10.9 Å². The number of rotatable bonds is 5. The second-order valence-corrected chi connectivity index (χ2v) is 10.3. The lowest BCUT2D eigenvalue weighted by Gasteiger charge is -2.36. The average Bonchev–Trinajstić information content (AvgIpc) is 3.56. The van der Waals surface area contributed by atoms with Crippen LogP contribution in [0.2, 0.25) is 0 Å². The molecule has 1 aliphatic carbocycles. The molecule has 4 fully saturated rings. The van der Waals surface area contributed by atoms with E-state index in [2.05, 4.69) is 61.4 Å². The lowest BCUT2D eigenvalue weighted by atomic mass is 9.72. The standard InChI is InChI=1S/C24H37N7O/c32-14-22-23(29-30-27-22)16-5-6-18-20(11-16)26-28-24(18)21-12-17-10-15(4-7-19(17)25-21)13-31-8-2-1-3-9-31/h4,7,10,12,16,18,20,22-30,32H,1-3,5-6,8-9,11,13-14H2. The van der Waals surface area contributed by atoms with Crippen molar-refractivity contribution in [1.29, 1.82) is 0 Å². The number of nitrogens with zero attached hydrogens (tertiary/aromatic N) is 1. The Labute approximate surface area is 189 Å². The van der Waals surface area contributed by atoms with Gasteiger partial charge in [-0.2, -0.15) is 5.53 Å². The molecule has 3 aliphatic heterocycles. The summed E-state index contributed by atoms with van der Waals surface area (Å²) in [7, 11) is 0. The van der Waals surface area contributed by atoms with Gasteiger partial charge in [0, 0.05) is 35.2 Å². The van der Waals surface area contributed by atoms with E-state index in [4.69, 9.17) is 0 Å². The Hall–Kier alpha value is -1.52. The molecule has 6 rings (SSSR count). The number of hydrazine groups is 3. The van der Waals surface area contributed by atoms with E-state index < -0.39 is 0 Å². The van der Waals surface area contributed by atoms with Crippen molar-refractivity contribution in [2.45, 2.75) is 69.2 Å². The van der Waals surface area contributed by atoms with Gasteiger partial charge in [-0.15, -0.1) is 0 Å². The molecular weight excluding hydrogens is 402 g/mol. The van der Waals surface area contributed by atoms with Gasteiger partial charge in [-0.1, -0.05) is 12.5 Å². The second-order valence-electron chi connectivity index (χ2n) is 10.3. The van der Waals surface area contributed by atoms with Crippen LogP contribution in [0.1, 0.15) is 55.8 Å². The van der Waals surface area contributed by atoms with Gasteiger partial charge in [-0.3, -0.25) is 10.3 Å². The number of aliphatic hydroxyl groups is 1. The summed E-state index contributed by atoms with van der Waals surface area (Å²) >= 11 is 0. The van der Waals surface area contributed by atoms with Gasteiger partial charge in [0.1, 0.15) is 0 Å². The Bertz CT molecular complexity index is 926. The quantitative estimate of drug-likeness (QED) is 0.379. The minimum absolute atomic E-state index is 0.0783. The maximum atomic E-state index is 9.65. The van der Waals surface area contributed by atoms with E-state index in [9.17, 15) is 5.11 Å². The van der Waals surface area contributed by atoms with Crippen LogP contribution < -0.4 is 27.2 Å². The maximum absolute atomic E-state index is 9.65. The van der Waals surface area contributed by atoms with Crippen molar-refractivity contribution in [3.05, 3.63) is 35.5 Å². The molecule has 0 amide bonds. The van der Waals surface area contributed by atoms with E-state index in [1.807, 2.05) is 0 Å². The average molecular weight is 440 g/mol. The van der Waals surface area contributed by atoms with Crippen LogP contribution in [0, 0.1) is 11.8 Å². The first-order chi connectivity index (χ1) is 15.8. The van der Waals surface area contributed by atoms with Gasteiger partial charge in [0.2, 0.25) is 0 Å². The van der Waals surface area contributed by atoms with Crippen molar-refractivity contribution < 1.29 is 5.11 Å². The molecule has 8 nitrogen and oxygen atoms in total. The predicted molar refractivity (Wildman–Crippen MR) is 125 cm³/mol. The normalized spacial score (nSPS) is 36.0. The molecule has 2 aromatic rings. The Morgan fingerprint density at radius 3 is 2.75 bits per heavy atom. The zero-order valence-electron chi connectivity index (χ0n) is 18.7. The van der Waals surface area contributed by atoms with E-state index in [1.165, 1.54) is 67.4 Å². The summed E-state index contributed by atoms with van der Waals surface area (Å²) < 4.78 is 0. The third kappa shape index (κ3) is 3.98. The van der Waals surface area contributed by atoms with E-state index in [0.29, 0.717) is 23.9 Å². The fourth-order valence-corrected chi connectivity index (χ4v) is 6.59. The smallest absolute Gasteiger partial charge is 0.0656 e. The highest BCUT2D eigenvalue weighted by molar-refractivity contribution is 5.81. The van der Waals surface area contributed by atoms with Gasteiger partial charge < -0.3 is 10.1 Å². The summed E-state index contributed by atoms with van der Waals surface area (Å²) in [5.74, 6) is 1.13. The number of nitrogens with one attached hydrogen (secondary N) is 6. The molecule has 7 N–H and O–H groups in total. The lowest BCUT2D eigenvalue weighted by Crippen LogP contribution is -2.47. The van der Waals surface area contributed by atoms with Gasteiger partial charge in [0.15, 0.2) is 0 Å². The molecule has 1 aromatic heterocycles. The molecule has 1 aromatic carbocycles. The SMILES string of the molecule is OCC1NNNC1C1CCC2C(C1)NNC2c1cc2cc(CN3CCCCC3)ccc2[nH]1. The summed E-state index contributed by atoms with van der Waals surface area (Å²) in [5, 5.41) is 11.0. The zero-order chi connectivity index (χ0) is 21.5. The number of fused-ring (bicyclic) bond motifs is 2. The van der Waals surface area contributed by atoms with Crippen LogP contribution in [-0.2, 0) is 6.54 Å². The molecule has 0 bridgehead atoms. The van der Waals surface area contributed by atoms with Crippen molar-refractivity contribution in [1.82, 2.24) is 37.1 Å². The summed E-state index contributed by atoms with van der Waals surface area (Å²) in [6, 6.07) is 10.4. The van der Waals surface area contributed by atoms with Crippen LogP contribution in [0.4, 0.5) is 0 Å². The Kier molecular flexibility index (Phi) is 5.93. The molecule has 4 aliphatic rings. The fraction of sp³-hybridized carbons (Fsp3) is 0.667. The minimum atomic E-state index is 0.0783. The topological polar surface area (TPSA) is 99.4 Å². The highest BCUT2D eigenvalue weighted by Gasteiger charge is 2.45. The van der Waals surface area contributed by atoms with Crippen LogP contribution >= 0.6 is 0 Å². The van der Waals surface area contributed by atoms with E-state index in [1.54, 1.807) is 0 Å². The molecule has 174 valence electrons. The highest BCUT2D eigenvalue weighted by Crippen LogP contribution is 2.42. The number of aliphatic hydroxyl groups excluding tert-OH is 1. The molecule has 3 saturated heterocycles. The third-order valence-corrected chi connectivity index (χ3v) is 8.33. The van der Waals surface area contributed by atoms with Gasteiger partial charge in [0.25, 0.3) is 0 Å². The van der Waals surface area contributed by atoms with Crippen LogP contribution in [0.3, 0.4) is 0 Å². The largest absolute Gasteiger partial charge is 0.395 e. The van der Waals surface area contributed by atoms with Gasteiger partial charge in [0.05, 0.1) is 18.7 Å². The first-order valence-corrected chi connectivity index (χ1v) is 12.5. The number of likely N-dealkylation sites (tertiary alicyclic amines) is 1. The summed E-state index contributed by atoms with van der Waals surface area (Å²) in [5.41, 5.74) is 20.6. The number of aromatic amines is 1. The minimum Gasteiger partial charge on any atom is -0.395 e. The van der Waals surface area contributed by atoms with E-state index in [-0.39, 0.29) is 18.7 Å². The van der Waals surface area contributed by atoms with Crippen molar-refractivity contribution in [3.8, 4) is 0 Å². The maximum Gasteiger partial charge on any atom is 0.0656 e. The summed E-state index contributed by atoms with van der Waals surface area (Å²) in [4.78, 5) is 6.29.